The van der Waals surface area contributed by atoms with Crippen LogP contribution in [0.5, 0.6) is 0 Å². The number of nitrogens with zero attached hydrogens (tertiary/aromatic N) is 2. The molecule has 23 heavy (non-hydrogen) atoms. The first kappa shape index (κ1) is 15.9. The van der Waals surface area contributed by atoms with Crippen LogP contribution in [0.15, 0.2) is 40.1 Å². The lowest BCUT2D eigenvalue weighted by Gasteiger charge is -2.20. The molecule has 0 N–H and O–H groups in total. The number of hydrogen-bond acceptors (Lipinski definition) is 6. The zero-order valence-corrected chi connectivity index (χ0v) is 13.9. The van der Waals surface area contributed by atoms with Crippen LogP contribution in [0.2, 0.25) is 0 Å². The summed E-state index contributed by atoms with van der Waals surface area (Å²) < 4.78 is 0. The third-order valence-corrected chi connectivity index (χ3v) is 5.51. The summed E-state index contributed by atoms with van der Waals surface area (Å²) in [5.74, 6) is -1.27. The lowest BCUT2D eigenvalue weighted by atomic mass is 10.1. The maximum Gasteiger partial charge on any atom is 0.243 e. The molecule has 0 aromatic carbocycles. The molecule has 1 aliphatic rings. The quantitative estimate of drug-likeness (QED) is 0.805. The Morgan fingerprint density at radius 2 is 2.00 bits per heavy atom. The molecule has 1 amide bonds. The second-order valence-electron chi connectivity index (χ2n) is 5.22. The molecular weight excluding hydrogens is 332 g/mol. The smallest absolute Gasteiger partial charge is 0.243 e. The van der Waals surface area contributed by atoms with Crippen molar-refractivity contribution in [2.75, 3.05) is 0 Å². The predicted octanol–water partition coefficient (Wildman–Crippen LogP) is 2.41. The van der Waals surface area contributed by atoms with Gasteiger partial charge >= 0.3 is 0 Å². The van der Waals surface area contributed by atoms with E-state index in [1.807, 2.05) is 35.0 Å². The Kier molecular flexibility index (Phi) is 4.88. The number of carbonyl (C=O) groups is 2. The molecule has 0 aliphatic carbocycles. The molecule has 7 heteroatoms. The molecule has 0 fully saturated rings. The minimum absolute atomic E-state index is 0.0949. The van der Waals surface area contributed by atoms with Crippen molar-refractivity contribution in [3.8, 4) is 0 Å². The van der Waals surface area contributed by atoms with Gasteiger partial charge in [0, 0.05) is 23.7 Å². The number of amides is 1. The number of carbonyl (C=O) groups excluding carboxylic acids is 2. The van der Waals surface area contributed by atoms with E-state index in [9.17, 15) is 14.7 Å². The first-order valence-corrected chi connectivity index (χ1v) is 9.08. The van der Waals surface area contributed by atoms with Crippen molar-refractivity contribution in [2.45, 2.75) is 31.7 Å². The van der Waals surface area contributed by atoms with Gasteiger partial charge in [-0.1, -0.05) is 12.1 Å². The highest BCUT2D eigenvalue weighted by molar-refractivity contribution is 7.12. The van der Waals surface area contributed by atoms with Crippen molar-refractivity contribution in [1.29, 1.82) is 0 Å². The molecule has 3 heterocycles. The van der Waals surface area contributed by atoms with E-state index < -0.39 is 5.97 Å². The molecule has 3 rings (SSSR count). The van der Waals surface area contributed by atoms with Crippen molar-refractivity contribution >= 4 is 40.3 Å². The summed E-state index contributed by atoms with van der Waals surface area (Å²) >= 11 is 3.21. The molecule has 0 radical (unpaired) electrons. The van der Waals surface area contributed by atoms with Crippen LogP contribution in [0.3, 0.4) is 0 Å². The molecule has 0 saturated heterocycles. The molecule has 5 nitrogen and oxygen atoms in total. The van der Waals surface area contributed by atoms with Crippen LogP contribution in [0.4, 0.5) is 0 Å². The molecule has 1 atom stereocenters. The van der Waals surface area contributed by atoms with E-state index >= 15 is 0 Å². The fourth-order valence-corrected chi connectivity index (χ4v) is 4.07. The third kappa shape index (κ3) is 3.68. The first-order chi connectivity index (χ1) is 11.1. The Morgan fingerprint density at radius 3 is 2.65 bits per heavy atom. The third-order valence-electron chi connectivity index (χ3n) is 3.61. The Hall–Kier alpha value is -1.99. The average molecular weight is 347 g/mol. The van der Waals surface area contributed by atoms with E-state index in [-0.39, 0.29) is 31.2 Å². The monoisotopic (exact) mass is 347 g/mol. The normalized spacial score (nSPS) is 17.3. The molecule has 120 valence electrons. The second kappa shape index (κ2) is 7.06. The van der Waals surface area contributed by atoms with Gasteiger partial charge in [0.15, 0.2) is 0 Å². The lowest BCUT2D eigenvalue weighted by Crippen LogP contribution is -2.27. The van der Waals surface area contributed by atoms with E-state index in [2.05, 4.69) is 5.10 Å². The zero-order valence-electron chi connectivity index (χ0n) is 12.3. The average Bonchev–Trinajstić information content (AvgIpc) is 3.26. The van der Waals surface area contributed by atoms with Crippen LogP contribution in [-0.2, 0) is 9.59 Å². The van der Waals surface area contributed by atoms with Gasteiger partial charge in [0.1, 0.15) is 0 Å². The SMILES string of the molecule is O=C([O-])CCCC(=O)N1N=C(c2cccs2)C[C@H]1c1cccs1. The number of aliphatic carboxylic acids is 1. The van der Waals surface area contributed by atoms with Crippen LogP contribution < -0.4 is 5.11 Å². The molecule has 0 spiro atoms. The summed E-state index contributed by atoms with van der Waals surface area (Å²) in [7, 11) is 0. The minimum Gasteiger partial charge on any atom is -0.550 e. The van der Waals surface area contributed by atoms with Gasteiger partial charge in [-0.3, -0.25) is 4.79 Å². The van der Waals surface area contributed by atoms with Crippen LogP contribution in [0, 0.1) is 0 Å². The summed E-state index contributed by atoms with van der Waals surface area (Å²) in [6.07, 6.45) is 1.02. The largest absolute Gasteiger partial charge is 0.550 e. The van der Waals surface area contributed by atoms with Gasteiger partial charge in [-0.05, 0) is 35.7 Å². The summed E-state index contributed by atoms with van der Waals surface area (Å²) in [5.41, 5.74) is 0.909. The molecule has 0 bridgehead atoms. The summed E-state index contributed by atoms with van der Waals surface area (Å²) in [4.78, 5) is 25.1. The predicted molar refractivity (Wildman–Crippen MR) is 88.2 cm³/mol. The van der Waals surface area contributed by atoms with E-state index in [0.717, 1.165) is 15.5 Å². The number of carboxylic acid groups (broad SMARTS) is 1. The minimum atomic E-state index is -1.13. The van der Waals surface area contributed by atoms with Gasteiger partial charge in [0.25, 0.3) is 0 Å². The molecule has 0 saturated carbocycles. The van der Waals surface area contributed by atoms with Gasteiger partial charge in [-0.25, -0.2) is 5.01 Å². The van der Waals surface area contributed by atoms with Crippen molar-refractivity contribution in [3.05, 3.63) is 44.8 Å². The fraction of sp³-hybridized carbons (Fsp3) is 0.312. The first-order valence-electron chi connectivity index (χ1n) is 7.32. The summed E-state index contributed by atoms with van der Waals surface area (Å²) in [6.45, 7) is 0. The van der Waals surface area contributed by atoms with E-state index in [4.69, 9.17) is 0 Å². The van der Waals surface area contributed by atoms with Gasteiger partial charge in [-0.2, -0.15) is 5.10 Å². The highest BCUT2D eigenvalue weighted by atomic mass is 32.1. The van der Waals surface area contributed by atoms with Gasteiger partial charge in [-0.15, -0.1) is 22.7 Å². The Morgan fingerprint density at radius 1 is 1.22 bits per heavy atom. The molecule has 0 unspecified atom stereocenters. The second-order valence-corrected chi connectivity index (χ2v) is 7.15. The van der Waals surface area contributed by atoms with Crippen molar-refractivity contribution in [1.82, 2.24) is 5.01 Å². The van der Waals surface area contributed by atoms with Gasteiger partial charge in [0.05, 0.1) is 16.6 Å². The molecule has 1 aliphatic heterocycles. The van der Waals surface area contributed by atoms with E-state index in [1.165, 1.54) is 5.01 Å². The molecule has 2 aromatic heterocycles. The Bertz CT molecular complexity index is 708. The molecule has 2 aromatic rings. The number of hydrazone groups is 1. The van der Waals surface area contributed by atoms with Crippen LogP contribution >= 0.6 is 22.7 Å². The maximum absolute atomic E-state index is 12.5. The summed E-state index contributed by atoms with van der Waals surface area (Å²) in [6, 6.07) is 7.83. The van der Waals surface area contributed by atoms with Crippen molar-refractivity contribution < 1.29 is 14.7 Å². The highest BCUT2D eigenvalue weighted by Gasteiger charge is 2.33. The van der Waals surface area contributed by atoms with Gasteiger partial charge < -0.3 is 9.90 Å². The number of hydrogen-bond donors (Lipinski definition) is 0. The fourth-order valence-electron chi connectivity index (χ4n) is 2.53. The number of thiophene rings is 2. The van der Waals surface area contributed by atoms with Gasteiger partial charge in [0.2, 0.25) is 5.91 Å². The van der Waals surface area contributed by atoms with Crippen LogP contribution in [0.1, 0.15) is 41.5 Å². The Labute approximate surface area is 141 Å². The highest BCUT2D eigenvalue weighted by Crippen LogP contribution is 2.36. The van der Waals surface area contributed by atoms with Crippen molar-refractivity contribution in [2.24, 2.45) is 5.10 Å². The maximum atomic E-state index is 12.5. The zero-order chi connectivity index (χ0) is 16.2. The lowest BCUT2D eigenvalue weighted by molar-refractivity contribution is -0.305. The van der Waals surface area contributed by atoms with Crippen molar-refractivity contribution in [3.63, 3.8) is 0 Å². The topological polar surface area (TPSA) is 72.8 Å². The van der Waals surface area contributed by atoms with Crippen LogP contribution in [-0.4, -0.2) is 22.6 Å². The summed E-state index contributed by atoms with van der Waals surface area (Å²) in [5, 5.41) is 20.5. The van der Waals surface area contributed by atoms with Crippen LogP contribution in [0.25, 0.3) is 0 Å². The Balaban J connectivity index is 1.77. The van der Waals surface area contributed by atoms with E-state index in [1.54, 1.807) is 22.7 Å². The standard InChI is InChI=1S/C16H16N2O3S2/c19-15(6-1-7-16(20)21)18-12(14-5-3-9-23-14)10-11(17-18)13-4-2-8-22-13/h2-5,8-9,12H,1,6-7,10H2,(H,20,21)/p-1/t12-/m0/s1. The number of rotatable bonds is 6. The molecular formula is C16H15N2O3S2-. The van der Waals surface area contributed by atoms with E-state index in [0.29, 0.717) is 6.42 Å². The number of carboxylic acids is 1.